The van der Waals surface area contributed by atoms with Gasteiger partial charge in [-0.05, 0) is 29.5 Å². The molecule has 0 unspecified atom stereocenters. The summed E-state index contributed by atoms with van der Waals surface area (Å²) in [4.78, 5) is 3.31. The molecule has 0 N–H and O–H groups in total. The lowest BCUT2D eigenvalue weighted by Gasteiger charge is -2.06. The average molecular weight is 287 g/mol. The molecule has 0 bridgehead atoms. The zero-order valence-corrected chi connectivity index (χ0v) is 8.27. The third-order valence-corrected chi connectivity index (χ3v) is 2.34. The average Bonchev–Trinajstić information content (AvgIpc) is 1.97. The molecule has 1 nitrogen and oxygen atoms in total. The SMILES string of the molecule is Cc1c(F)ncc(I)c1C(F)F. The van der Waals surface area contributed by atoms with Gasteiger partial charge in [-0.3, -0.25) is 0 Å². The fraction of sp³-hybridized carbons (Fsp3) is 0.286. The van der Waals surface area contributed by atoms with Crippen LogP contribution in [-0.2, 0) is 0 Å². The lowest BCUT2D eigenvalue weighted by molar-refractivity contribution is 0.148. The minimum atomic E-state index is -2.64. The maximum absolute atomic E-state index is 12.7. The number of nitrogens with zero attached hydrogens (tertiary/aromatic N) is 1. The van der Waals surface area contributed by atoms with Crippen molar-refractivity contribution in [3.05, 3.63) is 26.8 Å². The summed E-state index contributed by atoms with van der Waals surface area (Å²) >= 11 is 1.71. The van der Waals surface area contributed by atoms with Crippen molar-refractivity contribution in [1.82, 2.24) is 4.98 Å². The lowest BCUT2D eigenvalue weighted by Crippen LogP contribution is -1.99. The van der Waals surface area contributed by atoms with Gasteiger partial charge in [-0.15, -0.1) is 0 Å². The molecule has 1 aromatic rings. The minimum absolute atomic E-state index is 0.0723. The first-order chi connectivity index (χ1) is 5.54. The van der Waals surface area contributed by atoms with Crippen LogP contribution in [0.4, 0.5) is 13.2 Å². The van der Waals surface area contributed by atoms with Crippen LogP contribution in [-0.4, -0.2) is 4.98 Å². The van der Waals surface area contributed by atoms with E-state index in [0.29, 0.717) is 3.57 Å². The van der Waals surface area contributed by atoms with E-state index in [1.54, 1.807) is 22.6 Å². The Labute approximate surface area is 81.1 Å². The van der Waals surface area contributed by atoms with E-state index in [4.69, 9.17) is 0 Å². The molecular formula is C7H5F3IN. The normalized spacial score (nSPS) is 10.8. The van der Waals surface area contributed by atoms with Crippen LogP contribution in [0.5, 0.6) is 0 Å². The molecule has 0 amide bonds. The van der Waals surface area contributed by atoms with Gasteiger partial charge in [-0.25, -0.2) is 13.8 Å². The van der Waals surface area contributed by atoms with Crippen LogP contribution >= 0.6 is 22.6 Å². The Hall–Kier alpha value is -0.330. The molecule has 0 saturated carbocycles. The summed E-state index contributed by atoms with van der Waals surface area (Å²) in [6.45, 7) is 1.30. The van der Waals surface area contributed by atoms with Gasteiger partial charge in [0.25, 0.3) is 6.43 Å². The van der Waals surface area contributed by atoms with Crippen molar-refractivity contribution < 1.29 is 13.2 Å². The van der Waals surface area contributed by atoms with Crippen LogP contribution in [0.15, 0.2) is 6.20 Å². The zero-order chi connectivity index (χ0) is 9.30. The number of hydrogen-bond donors (Lipinski definition) is 0. The molecule has 0 saturated heterocycles. The molecule has 1 heterocycles. The number of aromatic nitrogens is 1. The third kappa shape index (κ3) is 1.70. The predicted octanol–water partition coefficient (Wildman–Crippen LogP) is 3.07. The van der Waals surface area contributed by atoms with Crippen LogP contribution in [0.1, 0.15) is 17.6 Å². The fourth-order valence-corrected chi connectivity index (χ4v) is 1.62. The van der Waals surface area contributed by atoms with Gasteiger partial charge in [-0.1, -0.05) is 0 Å². The third-order valence-electron chi connectivity index (χ3n) is 1.48. The molecule has 0 aliphatic rings. The van der Waals surface area contributed by atoms with Gasteiger partial charge < -0.3 is 0 Å². The van der Waals surface area contributed by atoms with Gasteiger partial charge in [0.15, 0.2) is 0 Å². The highest BCUT2D eigenvalue weighted by Gasteiger charge is 2.17. The van der Waals surface area contributed by atoms with E-state index >= 15 is 0 Å². The highest BCUT2D eigenvalue weighted by Crippen LogP contribution is 2.27. The van der Waals surface area contributed by atoms with E-state index in [2.05, 4.69) is 4.98 Å². The summed E-state index contributed by atoms with van der Waals surface area (Å²) < 4.78 is 37.5. The van der Waals surface area contributed by atoms with Gasteiger partial charge in [0.05, 0.1) is 0 Å². The van der Waals surface area contributed by atoms with Crippen LogP contribution in [0.3, 0.4) is 0 Å². The topological polar surface area (TPSA) is 12.9 Å². The smallest absolute Gasteiger partial charge is 0.227 e. The Bertz CT molecular complexity index is 301. The van der Waals surface area contributed by atoms with Gasteiger partial charge in [-0.2, -0.15) is 4.39 Å². The summed E-state index contributed by atoms with van der Waals surface area (Å²) in [6.07, 6.45) is -1.54. The molecule has 12 heavy (non-hydrogen) atoms. The molecular weight excluding hydrogens is 282 g/mol. The lowest BCUT2D eigenvalue weighted by atomic mass is 10.2. The van der Waals surface area contributed by atoms with Gasteiger partial charge in [0, 0.05) is 20.9 Å². The summed E-state index contributed by atoms with van der Waals surface area (Å²) in [5.41, 5.74) is -0.333. The second-order valence-electron chi connectivity index (χ2n) is 2.24. The highest BCUT2D eigenvalue weighted by atomic mass is 127. The van der Waals surface area contributed by atoms with Crippen LogP contribution < -0.4 is 0 Å². The molecule has 0 atom stereocenters. The maximum Gasteiger partial charge on any atom is 0.265 e. The molecule has 0 aliphatic heterocycles. The number of pyridine rings is 1. The van der Waals surface area contributed by atoms with E-state index in [9.17, 15) is 13.2 Å². The molecule has 0 radical (unpaired) electrons. The first kappa shape index (κ1) is 9.76. The first-order valence-corrected chi connectivity index (χ1v) is 4.20. The fourth-order valence-electron chi connectivity index (χ4n) is 0.838. The Kier molecular flexibility index (Phi) is 2.92. The second kappa shape index (κ2) is 3.59. The van der Waals surface area contributed by atoms with E-state index in [-0.39, 0.29) is 11.1 Å². The van der Waals surface area contributed by atoms with Gasteiger partial charge in [0.2, 0.25) is 5.95 Å². The summed E-state index contributed by atoms with van der Waals surface area (Å²) in [6, 6.07) is 0. The molecule has 0 aromatic carbocycles. The van der Waals surface area contributed by atoms with E-state index in [0.717, 1.165) is 6.20 Å². The predicted molar refractivity (Wildman–Crippen MR) is 46.6 cm³/mol. The maximum atomic E-state index is 12.7. The van der Waals surface area contributed by atoms with Crippen molar-refractivity contribution in [3.63, 3.8) is 0 Å². The zero-order valence-electron chi connectivity index (χ0n) is 6.11. The second-order valence-corrected chi connectivity index (χ2v) is 3.40. The van der Waals surface area contributed by atoms with Crippen molar-refractivity contribution in [3.8, 4) is 0 Å². The van der Waals surface area contributed by atoms with E-state index in [1.165, 1.54) is 6.92 Å². The minimum Gasteiger partial charge on any atom is -0.227 e. The van der Waals surface area contributed by atoms with Gasteiger partial charge >= 0.3 is 0 Å². The van der Waals surface area contributed by atoms with Crippen LogP contribution in [0.25, 0.3) is 0 Å². The Morgan fingerprint density at radius 1 is 1.50 bits per heavy atom. The largest absolute Gasteiger partial charge is 0.265 e. The molecule has 5 heteroatoms. The highest BCUT2D eigenvalue weighted by molar-refractivity contribution is 14.1. The van der Waals surface area contributed by atoms with Crippen molar-refractivity contribution in [1.29, 1.82) is 0 Å². The molecule has 0 spiro atoms. The summed E-state index contributed by atoms with van der Waals surface area (Å²) in [5, 5.41) is 0. The summed E-state index contributed by atoms with van der Waals surface area (Å²) in [7, 11) is 0. The monoisotopic (exact) mass is 287 g/mol. The molecule has 0 aliphatic carbocycles. The molecule has 1 rings (SSSR count). The van der Waals surface area contributed by atoms with Crippen molar-refractivity contribution in [2.24, 2.45) is 0 Å². The molecule has 1 aromatic heterocycles. The number of rotatable bonds is 1. The Morgan fingerprint density at radius 2 is 2.08 bits per heavy atom. The summed E-state index contributed by atoms with van der Waals surface area (Å²) in [5.74, 6) is -0.828. The molecule has 66 valence electrons. The molecule has 0 fully saturated rings. The van der Waals surface area contributed by atoms with E-state index in [1.807, 2.05) is 0 Å². The van der Waals surface area contributed by atoms with Crippen molar-refractivity contribution >= 4 is 22.6 Å². The van der Waals surface area contributed by atoms with Crippen LogP contribution in [0.2, 0.25) is 0 Å². The number of alkyl halides is 2. The van der Waals surface area contributed by atoms with Crippen molar-refractivity contribution in [2.75, 3.05) is 0 Å². The number of halogens is 4. The van der Waals surface area contributed by atoms with Gasteiger partial charge in [0.1, 0.15) is 0 Å². The number of hydrogen-bond acceptors (Lipinski definition) is 1. The standard InChI is InChI=1S/C7H5F3IN/c1-3-5(6(8)9)4(11)2-12-7(3)10/h2,6H,1H3. The Morgan fingerprint density at radius 3 is 2.50 bits per heavy atom. The van der Waals surface area contributed by atoms with Crippen LogP contribution in [0, 0.1) is 16.4 Å². The van der Waals surface area contributed by atoms with E-state index < -0.39 is 12.4 Å². The quantitative estimate of drug-likeness (QED) is 0.571. The van der Waals surface area contributed by atoms with Crippen molar-refractivity contribution in [2.45, 2.75) is 13.3 Å². The Balaban J connectivity index is 3.33. The first-order valence-electron chi connectivity index (χ1n) is 3.12.